The number of halogens is 2. The molecule has 1 aliphatic heterocycles. The van der Waals surface area contributed by atoms with Gasteiger partial charge in [0, 0.05) is 49.9 Å². The Hall–Kier alpha value is -2.64. The number of carbonyl (C=O) groups is 2. The number of carbonyl (C=O) groups excluding carboxylic acids is 2. The molecule has 2 aromatic rings. The number of ether oxygens (including phenoxy) is 1. The van der Waals surface area contributed by atoms with Gasteiger partial charge in [-0.2, -0.15) is 0 Å². The zero-order valence-corrected chi connectivity index (χ0v) is 16.9. The Labute approximate surface area is 174 Å². The maximum Gasteiger partial charge on any atom is 0.257 e. The number of rotatable bonds is 6. The summed E-state index contributed by atoms with van der Waals surface area (Å²) in [6, 6.07) is 10.4. The largest absolute Gasteiger partial charge is 0.496 e. The number of piperazine rings is 1. The SMILES string of the molecule is COc1ccc(Cl)cc1C(=O)N1CCN(CCNC(=O)c2ccc(F)cc2)CC1. The highest BCUT2D eigenvalue weighted by Crippen LogP contribution is 2.24. The Balaban J connectivity index is 1.46. The topological polar surface area (TPSA) is 61.9 Å². The van der Waals surface area contributed by atoms with Gasteiger partial charge in [0.25, 0.3) is 11.8 Å². The summed E-state index contributed by atoms with van der Waals surface area (Å²) in [5.74, 6) is -0.199. The molecule has 8 heteroatoms. The molecule has 6 nitrogen and oxygen atoms in total. The van der Waals surface area contributed by atoms with Crippen LogP contribution in [0.25, 0.3) is 0 Å². The van der Waals surface area contributed by atoms with Crippen molar-refractivity contribution in [2.45, 2.75) is 0 Å². The molecule has 29 heavy (non-hydrogen) atoms. The average molecular weight is 420 g/mol. The van der Waals surface area contributed by atoms with Crippen molar-refractivity contribution in [1.82, 2.24) is 15.1 Å². The molecule has 1 heterocycles. The zero-order valence-electron chi connectivity index (χ0n) is 16.2. The molecular formula is C21H23ClFN3O3. The predicted molar refractivity (Wildman–Crippen MR) is 109 cm³/mol. The van der Waals surface area contributed by atoms with Crippen LogP contribution in [0.4, 0.5) is 4.39 Å². The number of amides is 2. The molecule has 0 saturated carbocycles. The van der Waals surface area contributed by atoms with Gasteiger partial charge in [0.2, 0.25) is 0 Å². The van der Waals surface area contributed by atoms with Gasteiger partial charge in [-0.25, -0.2) is 4.39 Å². The van der Waals surface area contributed by atoms with Crippen LogP contribution >= 0.6 is 11.6 Å². The Kier molecular flexibility index (Phi) is 7.06. The Morgan fingerprint density at radius 1 is 1.10 bits per heavy atom. The third-order valence-corrected chi connectivity index (χ3v) is 5.11. The molecule has 154 valence electrons. The number of nitrogens with one attached hydrogen (secondary N) is 1. The van der Waals surface area contributed by atoms with Crippen molar-refractivity contribution in [1.29, 1.82) is 0 Å². The van der Waals surface area contributed by atoms with Gasteiger partial charge in [-0.1, -0.05) is 11.6 Å². The third-order valence-electron chi connectivity index (χ3n) is 4.87. The van der Waals surface area contributed by atoms with Crippen molar-refractivity contribution in [3.8, 4) is 5.75 Å². The fourth-order valence-electron chi connectivity index (χ4n) is 3.22. The van der Waals surface area contributed by atoms with Crippen LogP contribution in [0, 0.1) is 5.82 Å². The van der Waals surface area contributed by atoms with Crippen molar-refractivity contribution in [3.05, 3.63) is 64.4 Å². The van der Waals surface area contributed by atoms with E-state index in [2.05, 4.69) is 10.2 Å². The molecule has 1 fully saturated rings. The molecule has 2 amide bonds. The normalized spacial score (nSPS) is 14.5. The number of nitrogens with zero attached hydrogens (tertiary/aromatic N) is 2. The molecule has 0 spiro atoms. The summed E-state index contributed by atoms with van der Waals surface area (Å²) >= 11 is 6.03. The molecule has 1 aliphatic rings. The molecule has 0 aromatic heterocycles. The van der Waals surface area contributed by atoms with Crippen LogP contribution in [0.3, 0.4) is 0 Å². The van der Waals surface area contributed by atoms with Crippen molar-refractivity contribution >= 4 is 23.4 Å². The van der Waals surface area contributed by atoms with E-state index in [-0.39, 0.29) is 17.6 Å². The minimum atomic E-state index is -0.371. The highest BCUT2D eigenvalue weighted by molar-refractivity contribution is 6.31. The van der Waals surface area contributed by atoms with Gasteiger partial charge in [-0.05, 0) is 42.5 Å². The molecule has 0 bridgehead atoms. The summed E-state index contributed by atoms with van der Waals surface area (Å²) in [6.45, 7) is 3.74. The van der Waals surface area contributed by atoms with Gasteiger partial charge in [-0.3, -0.25) is 14.5 Å². The first-order chi connectivity index (χ1) is 14.0. The molecule has 0 aliphatic carbocycles. The van der Waals surface area contributed by atoms with E-state index in [0.717, 1.165) is 0 Å². The number of methoxy groups -OCH3 is 1. The molecule has 0 atom stereocenters. The lowest BCUT2D eigenvalue weighted by Gasteiger charge is -2.35. The van der Waals surface area contributed by atoms with E-state index in [1.165, 1.54) is 31.4 Å². The average Bonchev–Trinajstić information content (AvgIpc) is 2.74. The maximum absolute atomic E-state index is 12.9. The minimum absolute atomic E-state index is 0.103. The van der Waals surface area contributed by atoms with Gasteiger partial charge >= 0.3 is 0 Å². The van der Waals surface area contributed by atoms with Crippen LogP contribution in [-0.2, 0) is 0 Å². The Morgan fingerprint density at radius 2 is 1.79 bits per heavy atom. The monoisotopic (exact) mass is 419 g/mol. The van der Waals surface area contributed by atoms with E-state index in [0.29, 0.717) is 61.2 Å². The van der Waals surface area contributed by atoms with Crippen LogP contribution in [0.1, 0.15) is 20.7 Å². The first kappa shape index (κ1) is 21.1. The molecular weight excluding hydrogens is 397 g/mol. The predicted octanol–water partition coefficient (Wildman–Crippen LogP) is 2.68. The minimum Gasteiger partial charge on any atom is -0.496 e. The lowest BCUT2D eigenvalue weighted by Crippen LogP contribution is -2.50. The van der Waals surface area contributed by atoms with E-state index in [1.54, 1.807) is 23.1 Å². The summed E-state index contributed by atoms with van der Waals surface area (Å²) in [5, 5.41) is 3.32. The second kappa shape index (κ2) is 9.71. The number of benzene rings is 2. The Bertz CT molecular complexity index is 868. The van der Waals surface area contributed by atoms with Crippen LogP contribution in [0.5, 0.6) is 5.75 Å². The number of hydrogen-bond donors (Lipinski definition) is 1. The van der Waals surface area contributed by atoms with Gasteiger partial charge in [0.15, 0.2) is 0 Å². The summed E-state index contributed by atoms with van der Waals surface area (Å²) in [7, 11) is 1.53. The molecule has 0 radical (unpaired) electrons. The van der Waals surface area contributed by atoms with Crippen molar-refractivity contribution in [3.63, 3.8) is 0 Å². The summed E-state index contributed by atoms with van der Waals surface area (Å²) in [6.07, 6.45) is 0. The fourth-order valence-corrected chi connectivity index (χ4v) is 3.40. The summed E-state index contributed by atoms with van der Waals surface area (Å²) in [4.78, 5) is 28.8. The quantitative estimate of drug-likeness (QED) is 0.782. The van der Waals surface area contributed by atoms with Gasteiger partial charge in [0.05, 0.1) is 12.7 Å². The summed E-state index contributed by atoms with van der Waals surface area (Å²) < 4.78 is 18.2. The van der Waals surface area contributed by atoms with Crippen molar-refractivity contribution in [2.75, 3.05) is 46.4 Å². The molecule has 2 aromatic carbocycles. The molecule has 1 saturated heterocycles. The lowest BCUT2D eigenvalue weighted by atomic mass is 10.1. The first-order valence-corrected chi connectivity index (χ1v) is 9.74. The van der Waals surface area contributed by atoms with Crippen LogP contribution < -0.4 is 10.1 Å². The number of hydrogen-bond acceptors (Lipinski definition) is 4. The van der Waals surface area contributed by atoms with E-state index in [4.69, 9.17) is 16.3 Å². The van der Waals surface area contributed by atoms with Crippen LogP contribution in [0.15, 0.2) is 42.5 Å². The standard InChI is InChI=1S/C21H23ClFN3O3/c1-29-19-7-4-16(22)14-18(19)21(28)26-12-10-25(11-13-26)9-8-24-20(27)15-2-5-17(23)6-3-15/h2-7,14H,8-13H2,1H3,(H,24,27). The molecule has 0 unspecified atom stereocenters. The third kappa shape index (κ3) is 5.46. The summed E-state index contributed by atoms with van der Waals surface area (Å²) in [5.41, 5.74) is 0.886. The van der Waals surface area contributed by atoms with Crippen LogP contribution in [0.2, 0.25) is 5.02 Å². The Morgan fingerprint density at radius 3 is 2.45 bits per heavy atom. The van der Waals surface area contributed by atoms with Crippen LogP contribution in [-0.4, -0.2) is 68.0 Å². The lowest BCUT2D eigenvalue weighted by molar-refractivity contribution is 0.0635. The van der Waals surface area contributed by atoms with E-state index in [9.17, 15) is 14.0 Å². The van der Waals surface area contributed by atoms with Crippen molar-refractivity contribution in [2.24, 2.45) is 0 Å². The highest BCUT2D eigenvalue weighted by Gasteiger charge is 2.24. The van der Waals surface area contributed by atoms with E-state index in [1.807, 2.05) is 0 Å². The van der Waals surface area contributed by atoms with Gasteiger partial charge in [0.1, 0.15) is 11.6 Å². The molecule has 3 rings (SSSR count). The zero-order chi connectivity index (χ0) is 20.8. The van der Waals surface area contributed by atoms with Gasteiger partial charge < -0.3 is 15.0 Å². The smallest absolute Gasteiger partial charge is 0.257 e. The molecule has 1 N–H and O–H groups in total. The fraction of sp³-hybridized carbons (Fsp3) is 0.333. The van der Waals surface area contributed by atoms with Gasteiger partial charge in [-0.15, -0.1) is 0 Å². The van der Waals surface area contributed by atoms with Crippen molar-refractivity contribution < 1.29 is 18.7 Å². The maximum atomic E-state index is 12.9. The second-order valence-electron chi connectivity index (χ2n) is 6.74. The van der Waals surface area contributed by atoms with E-state index >= 15 is 0 Å². The first-order valence-electron chi connectivity index (χ1n) is 9.37. The highest BCUT2D eigenvalue weighted by atomic mass is 35.5. The second-order valence-corrected chi connectivity index (χ2v) is 7.18. The van der Waals surface area contributed by atoms with E-state index < -0.39 is 0 Å².